The molecule has 1 saturated heterocycles. The molecule has 0 saturated carbocycles. The van der Waals surface area contributed by atoms with Crippen LogP contribution in [0.25, 0.3) is 0 Å². The third-order valence-electron chi connectivity index (χ3n) is 5.58. The van der Waals surface area contributed by atoms with E-state index in [0.29, 0.717) is 19.3 Å². The second-order valence-electron chi connectivity index (χ2n) is 8.43. The molecule has 0 N–H and O–H groups in total. The zero-order valence-corrected chi connectivity index (χ0v) is 18.9. The largest absolute Gasteiger partial charge is 0.466 e. The van der Waals surface area contributed by atoms with Gasteiger partial charge in [0.25, 0.3) is 0 Å². The molecule has 0 amide bonds. The summed E-state index contributed by atoms with van der Waals surface area (Å²) < 4.78 is 21.6. The van der Waals surface area contributed by atoms with Crippen LogP contribution in [0.15, 0.2) is 23.3 Å². The SMILES string of the molecule is C=C1C(=O)O[C@H]2CC(COC(=O)C(C)C)=C([C@@H](C)CCCOC(C)=O)[C@@H](OC(C)=O)[C@@H]12. The van der Waals surface area contributed by atoms with Crippen molar-refractivity contribution < 1.29 is 38.1 Å². The number of esters is 4. The zero-order valence-electron chi connectivity index (χ0n) is 18.9. The van der Waals surface area contributed by atoms with Crippen molar-refractivity contribution in [1.82, 2.24) is 0 Å². The minimum absolute atomic E-state index is 0.0334. The molecule has 0 radical (unpaired) electrons. The number of hydrogen-bond donors (Lipinski definition) is 0. The molecular weight excluding hydrogens is 404 g/mol. The second-order valence-corrected chi connectivity index (χ2v) is 8.43. The van der Waals surface area contributed by atoms with E-state index < -0.39 is 30.1 Å². The molecule has 0 aromatic carbocycles. The fraction of sp³-hybridized carbons (Fsp3) is 0.652. The van der Waals surface area contributed by atoms with Gasteiger partial charge in [0.2, 0.25) is 0 Å². The molecule has 4 atom stereocenters. The van der Waals surface area contributed by atoms with Gasteiger partial charge in [0.05, 0.1) is 18.4 Å². The average molecular weight is 437 g/mol. The summed E-state index contributed by atoms with van der Waals surface area (Å²) in [6.45, 7) is 12.3. The number of carbonyl (C=O) groups is 4. The predicted molar refractivity (Wildman–Crippen MR) is 111 cm³/mol. The van der Waals surface area contributed by atoms with Crippen molar-refractivity contribution in [3.8, 4) is 0 Å². The van der Waals surface area contributed by atoms with Crippen LogP contribution in [0.4, 0.5) is 0 Å². The van der Waals surface area contributed by atoms with Gasteiger partial charge in [-0.1, -0.05) is 27.4 Å². The Bertz CT molecular complexity index is 778. The number of fused-ring (bicyclic) bond motifs is 1. The van der Waals surface area contributed by atoms with E-state index in [9.17, 15) is 19.2 Å². The molecule has 0 aromatic rings. The summed E-state index contributed by atoms with van der Waals surface area (Å²) in [4.78, 5) is 47.1. The van der Waals surface area contributed by atoms with Crippen molar-refractivity contribution >= 4 is 23.9 Å². The summed E-state index contributed by atoms with van der Waals surface area (Å²) in [6.07, 6.45) is 0.393. The molecule has 1 aliphatic carbocycles. The minimum Gasteiger partial charge on any atom is -0.466 e. The van der Waals surface area contributed by atoms with Gasteiger partial charge in [-0.3, -0.25) is 14.4 Å². The van der Waals surface area contributed by atoms with E-state index in [1.54, 1.807) is 13.8 Å². The average Bonchev–Trinajstić information content (AvgIpc) is 2.96. The maximum Gasteiger partial charge on any atom is 0.334 e. The Labute approximate surface area is 182 Å². The number of carbonyl (C=O) groups excluding carboxylic acids is 4. The van der Waals surface area contributed by atoms with Gasteiger partial charge in [-0.05, 0) is 29.9 Å². The highest BCUT2D eigenvalue weighted by molar-refractivity contribution is 5.91. The third kappa shape index (κ3) is 6.18. The van der Waals surface area contributed by atoms with E-state index >= 15 is 0 Å². The van der Waals surface area contributed by atoms with Gasteiger partial charge in [-0.25, -0.2) is 4.79 Å². The maximum absolute atomic E-state index is 12.2. The Morgan fingerprint density at radius 1 is 1.13 bits per heavy atom. The van der Waals surface area contributed by atoms with Gasteiger partial charge in [-0.2, -0.15) is 0 Å². The topological polar surface area (TPSA) is 105 Å². The molecule has 1 fully saturated rings. The van der Waals surface area contributed by atoms with Gasteiger partial charge < -0.3 is 18.9 Å². The Kier molecular flexibility index (Phi) is 8.42. The fourth-order valence-corrected chi connectivity index (χ4v) is 4.12. The van der Waals surface area contributed by atoms with Crippen LogP contribution < -0.4 is 0 Å². The third-order valence-corrected chi connectivity index (χ3v) is 5.58. The number of rotatable bonds is 9. The van der Waals surface area contributed by atoms with Crippen molar-refractivity contribution in [3.05, 3.63) is 23.3 Å². The van der Waals surface area contributed by atoms with Crippen molar-refractivity contribution in [3.63, 3.8) is 0 Å². The number of hydrogen-bond acceptors (Lipinski definition) is 8. The molecule has 8 heteroatoms. The molecule has 0 unspecified atom stereocenters. The van der Waals surface area contributed by atoms with Crippen molar-refractivity contribution in [2.24, 2.45) is 17.8 Å². The predicted octanol–water partition coefficient (Wildman–Crippen LogP) is 2.89. The molecule has 8 nitrogen and oxygen atoms in total. The molecule has 0 aromatic heterocycles. The summed E-state index contributed by atoms with van der Waals surface area (Å²) in [5, 5.41) is 0. The fourth-order valence-electron chi connectivity index (χ4n) is 4.12. The zero-order chi connectivity index (χ0) is 23.3. The highest BCUT2D eigenvalue weighted by atomic mass is 16.6. The lowest BCUT2D eigenvalue weighted by Gasteiger charge is -2.38. The van der Waals surface area contributed by atoms with Gasteiger partial charge in [-0.15, -0.1) is 0 Å². The molecule has 2 aliphatic rings. The lowest BCUT2D eigenvalue weighted by Crippen LogP contribution is -2.41. The van der Waals surface area contributed by atoms with E-state index in [4.69, 9.17) is 18.9 Å². The van der Waals surface area contributed by atoms with E-state index in [1.807, 2.05) is 6.92 Å². The highest BCUT2D eigenvalue weighted by Gasteiger charge is 2.50. The maximum atomic E-state index is 12.2. The Hall–Kier alpha value is -2.64. The monoisotopic (exact) mass is 436 g/mol. The first-order valence-corrected chi connectivity index (χ1v) is 10.6. The lowest BCUT2D eigenvalue weighted by atomic mass is 9.73. The first kappa shape index (κ1) is 24.6. The van der Waals surface area contributed by atoms with Gasteiger partial charge in [0, 0.05) is 25.8 Å². The van der Waals surface area contributed by atoms with Crippen molar-refractivity contribution in [1.29, 1.82) is 0 Å². The molecule has 31 heavy (non-hydrogen) atoms. The van der Waals surface area contributed by atoms with Crippen LogP contribution in [0.5, 0.6) is 0 Å². The van der Waals surface area contributed by atoms with E-state index in [2.05, 4.69) is 6.58 Å². The normalized spacial score (nSPS) is 23.9. The molecule has 1 aliphatic heterocycles. The van der Waals surface area contributed by atoms with Crippen LogP contribution in [0, 0.1) is 17.8 Å². The van der Waals surface area contributed by atoms with Crippen molar-refractivity contribution in [2.75, 3.05) is 13.2 Å². The molecule has 0 bridgehead atoms. The Balaban J connectivity index is 2.35. The Morgan fingerprint density at radius 2 is 1.81 bits per heavy atom. The van der Waals surface area contributed by atoms with E-state index in [1.165, 1.54) is 13.8 Å². The molecule has 0 spiro atoms. The summed E-state index contributed by atoms with van der Waals surface area (Å²) in [5.41, 5.74) is 1.87. The highest BCUT2D eigenvalue weighted by Crippen LogP contribution is 2.45. The van der Waals surface area contributed by atoms with Crippen molar-refractivity contribution in [2.45, 2.75) is 66.1 Å². The molecule has 2 rings (SSSR count). The minimum atomic E-state index is -0.730. The quantitative estimate of drug-likeness (QED) is 0.179. The smallest absolute Gasteiger partial charge is 0.334 e. The summed E-state index contributed by atoms with van der Waals surface area (Å²) in [5.74, 6) is -2.51. The van der Waals surface area contributed by atoms with Crippen LogP contribution in [-0.2, 0) is 38.1 Å². The van der Waals surface area contributed by atoms with Crippen LogP contribution in [0.2, 0.25) is 0 Å². The molecule has 1 heterocycles. The standard InChI is InChI=1S/C23H32O8/c1-12(2)22(26)29-11-17-10-18-20(14(4)23(27)31-18)21(30-16(6)25)19(17)13(3)8-7-9-28-15(5)24/h12-13,18,20-21H,4,7-11H2,1-3,5-6H3/t13-,18-,20-,21+/m0/s1. The first-order valence-electron chi connectivity index (χ1n) is 10.6. The van der Waals surface area contributed by atoms with Crippen LogP contribution in [-0.4, -0.2) is 49.3 Å². The van der Waals surface area contributed by atoms with Crippen LogP contribution >= 0.6 is 0 Å². The lowest BCUT2D eigenvalue weighted by molar-refractivity contribution is -0.151. The molecular formula is C23H32O8. The van der Waals surface area contributed by atoms with E-state index in [-0.39, 0.29) is 42.6 Å². The van der Waals surface area contributed by atoms with Crippen LogP contribution in [0.1, 0.15) is 53.9 Å². The Morgan fingerprint density at radius 3 is 2.39 bits per heavy atom. The summed E-state index contributed by atoms with van der Waals surface area (Å²) in [6, 6.07) is 0. The van der Waals surface area contributed by atoms with Gasteiger partial charge in [0.15, 0.2) is 0 Å². The summed E-state index contributed by atoms with van der Waals surface area (Å²) in [7, 11) is 0. The number of ether oxygens (including phenoxy) is 4. The van der Waals surface area contributed by atoms with Gasteiger partial charge >= 0.3 is 23.9 Å². The second kappa shape index (κ2) is 10.6. The summed E-state index contributed by atoms with van der Waals surface area (Å²) >= 11 is 0. The van der Waals surface area contributed by atoms with Crippen LogP contribution in [0.3, 0.4) is 0 Å². The van der Waals surface area contributed by atoms with Gasteiger partial charge in [0.1, 0.15) is 18.8 Å². The first-order chi connectivity index (χ1) is 14.5. The van der Waals surface area contributed by atoms with E-state index in [0.717, 1.165) is 11.1 Å². The molecule has 172 valence electrons.